The zero-order valence-electron chi connectivity index (χ0n) is 13.2. The molecule has 3 rings (SSSR count). The van der Waals surface area contributed by atoms with Crippen molar-refractivity contribution in [3.63, 3.8) is 0 Å². The second-order valence-electron chi connectivity index (χ2n) is 5.47. The van der Waals surface area contributed by atoms with Gasteiger partial charge in [-0.3, -0.25) is 0 Å². The van der Waals surface area contributed by atoms with E-state index in [0.717, 1.165) is 11.6 Å². The summed E-state index contributed by atoms with van der Waals surface area (Å²) < 4.78 is 27.9. The number of carboxylic acid groups (broad SMARTS) is 1. The predicted molar refractivity (Wildman–Crippen MR) is 92.9 cm³/mol. The molecule has 25 heavy (non-hydrogen) atoms. The lowest BCUT2D eigenvalue weighted by molar-refractivity contribution is 0.0691. The first-order valence-corrected chi connectivity index (χ1v) is 9.28. The van der Waals surface area contributed by atoms with Gasteiger partial charge in [0, 0.05) is 29.3 Å². The maximum atomic E-state index is 11.1. The first-order chi connectivity index (χ1) is 11.8. The van der Waals surface area contributed by atoms with Crippen molar-refractivity contribution in [3.05, 3.63) is 48.3 Å². The molecule has 2 aromatic heterocycles. The minimum Gasteiger partial charge on any atom is -0.477 e. The van der Waals surface area contributed by atoms with Crippen LogP contribution in [0.25, 0.3) is 10.9 Å². The zero-order valence-corrected chi connectivity index (χ0v) is 14.0. The van der Waals surface area contributed by atoms with E-state index in [1.807, 2.05) is 0 Å². The van der Waals surface area contributed by atoms with Gasteiger partial charge in [0.05, 0.1) is 11.9 Å². The Morgan fingerprint density at radius 1 is 1.28 bits per heavy atom. The Kier molecular flexibility index (Phi) is 4.32. The van der Waals surface area contributed by atoms with E-state index in [2.05, 4.69) is 15.3 Å². The number of carbonyl (C=O) groups is 1. The molecule has 0 saturated carbocycles. The molecule has 0 fully saturated rings. The number of hydrogen-bond donors (Lipinski definition) is 3. The van der Waals surface area contributed by atoms with E-state index >= 15 is 0 Å². The Bertz CT molecular complexity index is 1030. The number of nitrogens with one attached hydrogen (secondary N) is 2. The number of benzene rings is 1. The number of hydrogen-bond acceptors (Lipinski definition) is 6. The minimum atomic E-state index is -3.12. The largest absolute Gasteiger partial charge is 0.477 e. The average molecular weight is 361 g/mol. The van der Waals surface area contributed by atoms with E-state index in [0.29, 0.717) is 22.8 Å². The molecule has 9 heteroatoms. The number of aromatic carboxylic acids is 1. The van der Waals surface area contributed by atoms with Crippen molar-refractivity contribution >= 4 is 32.4 Å². The van der Waals surface area contributed by atoms with Crippen LogP contribution >= 0.6 is 0 Å². The predicted octanol–water partition coefficient (Wildman–Crippen LogP) is 2.47. The molecule has 0 aliphatic heterocycles. The number of ether oxygens (including phenoxy) is 1. The normalized spacial score (nSPS) is 11.4. The summed E-state index contributed by atoms with van der Waals surface area (Å²) in [6.07, 6.45) is 2.60. The average Bonchev–Trinajstić information content (AvgIpc) is 2.97. The molecular weight excluding hydrogens is 346 g/mol. The SMILES string of the molecule is CS(=O)(=O)CNc1ccc(Oc2ccc3cc(C(=O)O)[nH]c3c2)nc1. The van der Waals surface area contributed by atoms with Gasteiger partial charge in [-0.15, -0.1) is 0 Å². The number of sulfone groups is 1. The smallest absolute Gasteiger partial charge is 0.352 e. The third-order valence-corrected chi connectivity index (χ3v) is 3.99. The maximum Gasteiger partial charge on any atom is 0.352 e. The number of H-pyrrole nitrogens is 1. The van der Waals surface area contributed by atoms with Crippen molar-refractivity contribution in [3.8, 4) is 11.6 Å². The van der Waals surface area contributed by atoms with E-state index in [-0.39, 0.29) is 11.6 Å². The summed E-state index contributed by atoms with van der Waals surface area (Å²) in [5.74, 6) is -0.382. The summed E-state index contributed by atoms with van der Waals surface area (Å²) in [5, 5.41) is 12.5. The fourth-order valence-electron chi connectivity index (χ4n) is 2.17. The van der Waals surface area contributed by atoms with Crippen LogP contribution in [0.3, 0.4) is 0 Å². The van der Waals surface area contributed by atoms with Crippen LogP contribution < -0.4 is 10.1 Å². The molecule has 0 aliphatic rings. The van der Waals surface area contributed by atoms with Gasteiger partial charge in [-0.1, -0.05) is 0 Å². The highest BCUT2D eigenvalue weighted by Gasteiger charge is 2.09. The molecule has 130 valence electrons. The number of carboxylic acids is 1. The minimum absolute atomic E-state index is 0.103. The molecule has 2 heterocycles. The molecule has 3 aromatic rings. The van der Waals surface area contributed by atoms with Gasteiger partial charge in [0.15, 0.2) is 9.84 Å². The Morgan fingerprint density at radius 3 is 2.72 bits per heavy atom. The summed E-state index contributed by atoms with van der Waals surface area (Å²) in [7, 11) is -3.12. The van der Waals surface area contributed by atoms with E-state index in [9.17, 15) is 13.2 Å². The van der Waals surface area contributed by atoms with Crippen molar-refractivity contribution in [1.82, 2.24) is 9.97 Å². The molecule has 8 nitrogen and oxygen atoms in total. The summed E-state index contributed by atoms with van der Waals surface area (Å²) in [5.41, 5.74) is 1.30. The van der Waals surface area contributed by atoms with Gasteiger partial charge in [-0.05, 0) is 24.3 Å². The molecule has 0 unspecified atom stereocenters. The van der Waals surface area contributed by atoms with E-state index in [1.165, 1.54) is 6.20 Å². The van der Waals surface area contributed by atoms with Crippen molar-refractivity contribution in [2.75, 3.05) is 17.4 Å². The van der Waals surface area contributed by atoms with Gasteiger partial charge in [-0.2, -0.15) is 0 Å². The molecule has 0 spiro atoms. The van der Waals surface area contributed by atoms with Crippen molar-refractivity contribution in [2.45, 2.75) is 0 Å². The van der Waals surface area contributed by atoms with Crippen LogP contribution in [0.5, 0.6) is 11.6 Å². The molecule has 0 aliphatic carbocycles. The fourth-order valence-corrected chi connectivity index (χ4v) is 2.59. The Hall–Kier alpha value is -3.07. The van der Waals surface area contributed by atoms with Crippen LogP contribution in [-0.2, 0) is 9.84 Å². The van der Waals surface area contributed by atoms with E-state index in [4.69, 9.17) is 9.84 Å². The Balaban J connectivity index is 1.73. The Morgan fingerprint density at radius 2 is 2.08 bits per heavy atom. The van der Waals surface area contributed by atoms with Crippen LogP contribution in [0.1, 0.15) is 10.5 Å². The molecular formula is C16H15N3O5S. The number of aromatic nitrogens is 2. The second-order valence-corrected chi connectivity index (χ2v) is 7.61. The number of rotatable bonds is 6. The van der Waals surface area contributed by atoms with Gasteiger partial charge in [-0.25, -0.2) is 18.2 Å². The van der Waals surface area contributed by atoms with Crippen molar-refractivity contribution < 1.29 is 23.1 Å². The zero-order chi connectivity index (χ0) is 18.0. The molecule has 0 bridgehead atoms. The van der Waals surface area contributed by atoms with Crippen LogP contribution in [0.4, 0.5) is 5.69 Å². The van der Waals surface area contributed by atoms with Crippen LogP contribution in [0.2, 0.25) is 0 Å². The third-order valence-electron chi connectivity index (χ3n) is 3.32. The fraction of sp³-hybridized carbons (Fsp3) is 0.125. The van der Waals surface area contributed by atoms with Crippen LogP contribution in [-0.4, -0.2) is 41.6 Å². The van der Waals surface area contributed by atoms with Gasteiger partial charge < -0.3 is 20.1 Å². The standard InChI is InChI=1S/C16H15N3O5S/c1-25(22,23)9-18-11-3-5-15(17-8-11)24-12-4-2-10-6-14(16(20)21)19-13(10)7-12/h2-8,18-19H,9H2,1H3,(H,20,21). The highest BCUT2D eigenvalue weighted by Crippen LogP contribution is 2.25. The van der Waals surface area contributed by atoms with Gasteiger partial charge in [0.25, 0.3) is 0 Å². The van der Waals surface area contributed by atoms with Crippen molar-refractivity contribution in [2.24, 2.45) is 0 Å². The summed E-state index contributed by atoms with van der Waals surface area (Å²) >= 11 is 0. The molecule has 0 radical (unpaired) electrons. The molecule has 0 atom stereocenters. The van der Waals surface area contributed by atoms with E-state index in [1.54, 1.807) is 36.4 Å². The lowest BCUT2D eigenvalue weighted by Gasteiger charge is -2.07. The highest BCUT2D eigenvalue weighted by atomic mass is 32.2. The first kappa shape index (κ1) is 16.8. The number of fused-ring (bicyclic) bond motifs is 1. The molecule has 3 N–H and O–H groups in total. The third kappa shape index (κ3) is 4.27. The van der Waals surface area contributed by atoms with Crippen molar-refractivity contribution in [1.29, 1.82) is 0 Å². The van der Waals surface area contributed by atoms with Crippen LogP contribution in [0.15, 0.2) is 42.6 Å². The molecule has 0 amide bonds. The summed E-state index contributed by atoms with van der Waals surface area (Å²) in [4.78, 5) is 17.9. The first-order valence-electron chi connectivity index (χ1n) is 7.22. The highest BCUT2D eigenvalue weighted by molar-refractivity contribution is 7.90. The summed E-state index contributed by atoms with van der Waals surface area (Å²) in [6, 6.07) is 9.94. The number of nitrogens with zero attached hydrogens (tertiary/aromatic N) is 1. The van der Waals surface area contributed by atoms with Gasteiger partial charge in [0.1, 0.15) is 17.3 Å². The van der Waals surface area contributed by atoms with Gasteiger partial charge >= 0.3 is 5.97 Å². The topological polar surface area (TPSA) is 121 Å². The number of aromatic amines is 1. The summed E-state index contributed by atoms with van der Waals surface area (Å²) in [6.45, 7) is 0. The van der Waals surface area contributed by atoms with Gasteiger partial charge in [0.2, 0.25) is 5.88 Å². The van der Waals surface area contributed by atoms with Crippen LogP contribution in [0, 0.1) is 0 Å². The number of anilines is 1. The quantitative estimate of drug-likeness (QED) is 0.616. The molecule has 0 saturated heterocycles. The Labute approximate surface area is 143 Å². The lowest BCUT2D eigenvalue weighted by atomic mass is 10.2. The monoisotopic (exact) mass is 361 g/mol. The maximum absolute atomic E-state index is 11.1. The van der Waals surface area contributed by atoms with E-state index < -0.39 is 15.8 Å². The number of pyridine rings is 1. The molecule has 1 aromatic carbocycles. The lowest BCUT2D eigenvalue weighted by Crippen LogP contribution is -2.12. The second kappa shape index (κ2) is 6.44.